The molecule has 1 aromatic heterocycles. The summed E-state index contributed by atoms with van der Waals surface area (Å²) in [6.45, 7) is 1.35. The van der Waals surface area contributed by atoms with Crippen LogP contribution >= 0.6 is 22.9 Å². The molecule has 2 aromatic rings. The van der Waals surface area contributed by atoms with E-state index in [0.29, 0.717) is 11.6 Å². The molecule has 3 N–H and O–H groups in total. The average molecular weight is 228 g/mol. The lowest BCUT2D eigenvalue weighted by molar-refractivity contribution is 1.02. The van der Waals surface area contributed by atoms with E-state index in [0.717, 1.165) is 21.9 Å². The van der Waals surface area contributed by atoms with Gasteiger partial charge in [0.25, 0.3) is 0 Å². The Morgan fingerprint density at radius 1 is 1.50 bits per heavy atom. The maximum Gasteiger partial charge on any atom is 0.183 e. The first-order valence-electron chi connectivity index (χ1n) is 4.29. The molecule has 1 heterocycles. The first kappa shape index (κ1) is 9.71. The molecule has 14 heavy (non-hydrogen) atoms. The number of nitrogens with zero attached hydrogens (tertiary/aromatic N) is 1. The summed E-state index contributed by atoms with van der Waals surface area (Å²) in [5.74, 6) is 0. The Morgan fingerprint density at radius 3 is 3.14 bits per heavy atom. The van der Waals surface area contributed by atoms with Gasteiger partial charge in [0, 0.05) is 18.1 Å². The topological polar surface area (TPSA) is 50.9 Å². The van der Waals surface area contributed by atoms with Crippen molar-refractivity contribution in [3.05, 3.63) is 23.2 Å². The van der Waals surface area contributed by atoms with Gasteiger partial charge in [-0.2, -0.15) is 0 Å². The number of aromatic nitrogens is 1. The van der Waals surface area contributed by atoms with Gasteiger partial charge in [-0.05, 0) is 18.2 Å². The molecule has 0 radical (unpaired) electrons. The fourth-order valence-electron chi connectivity index (χ4n) is 1.16. The summed E-state index contributed by atoms with van der Waals surface area (Å²) in [5.41, 5.74) is 6.32. The summed E-state index contributed by atoms with van der Waals surface area (Å²) in [6.07, 6.45) is 0. The summed E-state index contributed by atoms with van der Waals surface area (Å²) in [5, 5.41) is 4.75. The fourth-order valence-corrected chi connectivity index (χ4v) is 2.19. The van der Waals surface area contributed by atoms with E-state index in [9.17, 15) is 0 Å². The van der Waals surface area contributed by atoms with Crippen molar-refractivity contribution in [2.45, 2.75) is 0 Å². The minimum atomic E-state index is 0.608. The van der Waals surface area contributed by atoms with Crippen LogP contribution in [0.2, 0.25) is 5.02 Å². The smallest absolute Gasteiger partial charge is 0.183 e. The van der Waals surface area contributed by atoms with E-state index in [-0.39, 0.29) is 0 Å². The number of anilines is 1. The number of thiazole rings is 1. The highest BCUT2D eigenvalue weighted by Gasteiger charge is 2.02. The lowest BCUT2D eigenvalue weighted by Gasteiger charge is -1.96. The van der Waals surface area contributed by atoms with Gasteiger partial charge in [0.05, 0.1) is 10.2 Å². The largest absolute Gasteiger partial charge is 0.360 e. The van der Waals surface area contributed by atoms with Crippen LogP contribution in [0.3, 0.4) is 0 Å². The van der Waals surface area contributed by atoms with Gasteiger partial charge in [0.2, 0.25) is 0 Å². The van der Waals surface area contributed by atoms with Crippen molar-refractivity contribution in [2.75, 3.05) is 18.4 Å². The second kappa shape index (κ2) is 4.13. The highest BCUT2D eigenvalue weighted by atomic mass is 35.5. The van der Waals surface area contributed by atoms with Gasteiger partial charge >= 0.3 is 0 Å². The number of fused-ring (bicyclic) bond motifs is 1. The average Bonchev–Trinajstić information content (AvgIpc) is 2.56. The van der Waals surface area contributed by atoms with Crippen molar-refractivity contribution in [1.82, 2.24) is 4.98 Å². The fraction of sp³-hybridized carbons (Fsp3) is 0.222. The van der Waals surface area contributed by atoms with Crippen LogP contribution in [0.1, 0.15) is 0 Å². The van der Waals surface area contributed by atoms with Crippen LogP contribution in [-0.4, -0.2) is 18.1 Å². The van der Waals surface area contributed by atoms with Crippen molar-refractivity contribution in [1.29, 1.82) is 0 Å². The van der Waals surface area contributed by atoms with Crippen LogP contribution in [0.5, 0.6) is 0 Å². The number of hydrogen-bond acceptors (Lipinski definition) is 4. The molecule has 2 rings (SSSR count). The summed E-state index contributed by atoms with van der Waals surface area (Å²) < 4.78 is 1.13. The van der Waals surface area contributed by atoms with Gasteiger partial charge in [-0.3, -0.25) is 0 Å². The van der Waals surface area contributed by atoms with E-state index in [4.69, 9.17) is 17.3 Å². The number of nitrogens with one attached hydrogen (secondary N) is 1. The number of benzene rings is 1. The van der Waals surface area contributed by atoms with Crippen molar-refractivity contribution in [3.8, 4) is 0 Å². The first-order valence-corrected chi connectivity index (χ1v) is 5.49. The number of rotatable bonds is 3. The monoisotopic (exact) mass is 227 g/mol. The molecule has 0 aliphatic rings. The molecule has 5 heteroatoms. The molecule has 0 spiro atoms. The Labute approximate surface area is 90.9 Å². The lowest BCUT2D eigenvalue weighted by atomic mass is 10.3. The summed E-state index contributed by atoms with van der Waals surface area (Å²) in [6, 6.07) is 5.71. The highest BCUT2D eigenvalue weighted by Crippen LogP contribution is 2.27. The molecular formula is C9H10ClN3S. The molecular weight excluding hydrogens is 218 g/mol. The van der Waals surface area contributed by atoms with Crippen LogP contribution in [0.4, 0.5) is 5.13 Å². The van der Waals surface area contributed by atoms with Gasteiger partial charge < -0.3 is 11.1 Å². The van der Waals surface area contributed by atoms with Crippen molar-refractivity contribution < 1.29 is 0 Å². The van der Waals surface area contributed by atoms with Gasteiger partial charge in [-0.25, -0.2) is 4.98 Å². The van der Waals surface area contributed by atoms with E-state index in [1.165, 1.54) is 0 Å². The number of nitrogens with two attached hydrogens (primary N) is 1. The van der Waals surface area contributed by atoms with Crippen molar-refractivity contribution in [2.24, 2.45) is 5.73 Å². The Kier molecular flexibility index (Phi) is 2.86. The van der Waals surface area contributed by atoms with Crippen LogP contribution < -0.4 is 11.1 Å². The predicted octanol–water partition coefficient (Wildman–Crippen LogP) is 2.32. The molecule has 0 bridgehead atoms. The number of hydrogen-bond donors (Lipinski definition) is 2. The lowest BCUT2D eigenvalue weighted by Crippen LogP contribution is -2.12. The van der Waals surface area contributed by atoms with Gasteiger partial charge in [0.1, 0.15) is 0 Å². The maximum absolute atomic E-state index is 5.86. The van der Waals surface area contributed by atoms with Crippen molar-refractivity contribution >= 4 is 38.3 Å². The van der Waals surface area contributed by atoms with Gasteiger partial charge in [-0.15, -0.1) is 0 Å². The molecule has 0 saturated carbocycles. The van der Waals surface area contributed by atoms with Crippen molar-refractivity contribution in [3.63, 3.8) is 0 Å². The van der Waals surface area contributed by atoms with E-state index in [2.05, 4.69) is 10.3 Å². The van der Waals surface area contributed by atoms with E-state index < -0.39 is 0 Å². The second-order valence-corrected chi connectivity index (χ2v) is 4.31. The molecule has 1 aromatic carbocycles. The van der Waals surface area contributed by atoms with E-state index in [1.54, 1.807) is 11.3 Å². The minimum absolute atomic E-state index is 0.608. The predicted molar refractivity (Wildman–Crippen MR) is 62.2 cm³/mol. The first-order chi connectivity index (χ1) is 6.79. The zero-order valence-corrected chi connectivity index (χ0v) is 9.03. The maximum atomic E-state index is 5.86. The Hall–Kier alpha value is -0.840. The quantitative estimate of drug-likeness (QED) is 0.846. The zero-order valence-electron chi connectivity index (χ0n) is 7.46. The summed E-state index contributed by atoms with van der Waals surface area (Å²) in [7, 11) is 0. The van der Waals surface area contributed by atoms with E-state index >= 15 is 0 Å². The molecule has 0 fully saturated rings. The third kappa shape index (κ3) is 1.97. The third-order valence-corrected chi connectivity index (χ3v) is 3.00. The standard InChI is InChI=1S/C9H10ClN3S/c10-6-1-2-8-7(5-6)13-9(14-8)12-4-3-11/h1-2,5H,3-4,11H2,(H,12,13). The van der Waals surface area contributed by atoms with Crippen LogP contribution in [0.15, 0.2) is 18.2 Å². The molecule has 3 nitrogen and oxygen atoms in total. The Morgan fingerprint density at radius 2 is 2.36 bits per heavy atom. The molecule has 0 atom stereocenters. The Bertz CT molecular complexity index is 441. The Balaban J connectivity index is 2.32. The van der Waals surface area contributed by atoms with Crippen LogP contribution in [0.25, 0.3) is 10.2 Å². The minimum Gasteiger partial charge on any atom is -0.360 e. The summed E-state index contributed by atoms with van der Waals surface area (Å²) in [4.78, 5) is 4.38. The molecule has 0 saturated heterocycles. The second-order valence-electron chi connectivity index (χ2n) is 2.85. The van der Waals surface area contributed by atoms with E-state index in [1.807, 2.05) is 18.2 Å². The number of halogens is 1. The highest BCUT2D eigenvalue weighted by molar-refractivity contribution is 7.22. The third-order valence-electron chi connectivity index (χ3n) is 1.77. The molecule has 74 valence electrons. The zero-order chi connectivity index (χ0) is 9.97. The van der Waals surface area contributed by atoms with Crippen LogP contribution in [0, 0.1) is 0 Å². The molecule has 0 aliphatic carbocycles. The molecule has 0 unspecified atom stereocenters. The van der Waals surface area contributed by atoms with Gasteiger partial charge in [-0.1, -0.05) is 22.9 Å². The SMILES string of the molecule is NCCNc1nc2cc(Cl)ccc2s1. The molecule has 0 amide bonds. The van der Waals surface area contributed by atoms with Gasteiger partial charge in [0.15, 0.2) is 5.13 Å². The normalized spacial score (nSPS) is 10.7. The summed E-state index contributed by atoms with van der Waals surface area (Å²) >= 11 is 7.47. The van der Waals surface area contributed by atoms with Crippen LogP contribution in [-0.2, 0) is 0 Å². The molecule has 0 aliphatic heterocycles.